The summed E-state index contributed by atoms with van der Waals surface area (Å²) in [7, 11) is 0. The number of aromatic nitrogens is 1. The fourth-order valence-corrected chi connectivity index (χ4v) is 1.51. The number of hydrogen-bond acceptors (Lipinski definition) is 3. The fourth-order valence-electron chi connectivity index (χ4n) is 1.51. The number of allylic oxidation sites excluding steroid dienone is 1. The van der Waals surface area contributed by atoms with Crippen LogP contribution in [0.15, 0.2) is 24.5 Å². The molecule has 3 heteroatoms. The Morgan fingerprint density at radius 3 is 2.94 bits per heavy atom. The Morgan fingerprint density at radius 2 is 2.31 bits per heavy atom. The van der Waals surface area contributed by atoms with Crippen molar-refractivity contribution in [3.63, 3.8) is 0 Å². The Balaban J connectivity index is 2.54. The third-order valence-corrected chi connectivity index (χ3v) is 2.43. The largest absolute Gasteiger partial charge is 0.398 e. The molecule has 0 amide bonds. The second-order valence-electron chi connectivity index (χ2n) is 4.25. The lowest BCUT2D eigenvalue weighted by molar-refractivity contribution is 0.595. The topological polar surface area (TPSA) is 50.9 Å². The number of pyridine rings is 1. The van der Waals surface area contributed by atoms with Gasteiger partial charge in [0, 0.05) is 29.7 Å². The van der Waals surface area contributed by atoms with E-state index in [4.69, 9.17) is 5.73 Å². The lowest BCUT2D eigenvalue weighted by Crippen LogP contribution is -2.23. The molecular formula is C13H21N3. The standard InChI is InChI=1S/C13H21N3/c1-10(2)16-7-4-5-11(3)12-9-15-8-6-13(12)14/h5-6,8-10,16H,4,7H2,1-3H3,(H2,14,15). The van der Waals surface area contributed by atoms with E-state index in [0.717, 1.165) is 24.2 Å². The van der Waals surface area contributed by atoms with Gasteiger partial charge < -0.3 is 11.1 Å². The first-order valence-corrected chi connectivity index (χ1v) is 5.71. The van der Waals surface area contributed by atoms with E-state index in [0.29, 0.717) is 6.04 Å². The Kier molecular flexibility index (Phi) is 4.99. The number of nitrogens with zero attached hydrogens (tertiary/aromatic N) is 1. The van der Waals surface area contributed by atoms with Crippen molar-refractivity contribution in [3.05, 3.63) is 30.1 Å². The van der Waals surface area contributed by atoms with Crippen molar-refractivity contribution in [1.29, 1.82) is 0 Å². The van der Waals surface area contributed by atoms with Crippen molar-refractivity contribution < 1.29 is 0 Å². The molecule has 1 heterocycles. The van der Waals surface area contributed by atoms with Crippen molar-refractivity contribution in [2.24, 2.45) is 0 Å². The second kappa shape index (κ2) is 6.28. The van der Waals surface area contributed by atoms with Gasteiger partial charge in [-0.05, 0) is 31.5 Å². The molecule has 0 aliphatic rings. The average molecular weight is 219 g/mol. The molecule has 0 spiro atoms. The minimum atomic E-state index is 0.539. The maximum atomic E-state index is 5.88. The smallest absolute Gasteiger partial charge is 0.0421 e. The highest BCUT2D eigenvalue weighted by molar-refractivity contribution is 5.72. The van der Waals surface area contributed by atoms with E-state index in [9.17, 15) is 0 Å². The SMILES string of the molecule is CC(=CCCNC(C)C)c1cnccc1N. The summed E-state index contributed by atoms with van der Waals surface area (Å²) in [6.07, 6.45) is 6.74. The molecule has 0 aromatic carbocycles. The highest BCUT2D eigenvalue weighted by Gasteiger charge is 2.00. The number of hydrogen-bond donors (Lipinski definition) is 2. The van der Waals surface area contributed by atoms with Gasteiger partial charge in [-0.1, -0.05) is 19.9 Å². The van der Waals surface area contributed by atoms with Crippen LogP contribution in [-0.4, -0.2) is 17.6 Å². The molecule has 1 aromatic heterocycles. The van der Waals surface area contributed by atoms with Crippen molar-refractivity contribution in [3.8, 4) is 0 Å². The van der Waals surface area contributed by atoms with Crippen LogP contribution in [-0.2, 0) is 0 Å². The molecule has 1 rings (SSSR count). The van der Waals surface area contributed by atoms with E-state index >= 15 is 0 Å². The van der Waals surface area contributed by atoms with Gasteiger partial charge in [-0.15, -0.1) is 0 Å². The van der Waals surface area contributed by atoms with Crippen LogP contribution in [0.5, 0.6) is 0 Å². The summed E-state index contributed by atoms with van der Waals surface area (Å²) in [5, 5.41) is 3.38. The van der Waals surface area contributed by atoms with Crippen molar-refractivity contribution in [1.82, 2.24) is 10.3 Å². The second-order valence-corrected chi connectivity index (χ2v) is 4.25. The van der Waals surface area contributed by atoms with Crippen LogP contribution in [0.4, 0.5) is 5.69 Å². The van der Waals surface area contributed by atoms with E-state index in [1.165, 1.54) is 5.57 Å². The van der Waals surface area contributed by atoms with Gasteiger partial charge in [0.05, 0.1) is 0 Å². The van der Waals surface area contributed by atoms with Gasteiger partial charge in [0.2, 0.25) is 0 Å². The summed E-state index contributed by atoms with van der Waals surface area (Å²) in [5.41, 5.74) is 8.89. The Bertz CT molecular complexity index is 356. The predicted molar refractivity (Wildman–Crippen MR) is 70.1 cm³/mol. The number of nitrogens with one attached hydrogen (secondary N) is 1. The average Bonchev–Trinajstić information content (AvgIpc) is 2.24. The summed E-state index contributed by atoms with van der Waals surface area (Å²) in [6.45, 7) is 7.36. The van der Waals surface area contributed by atoms with E-state index < -0.39 is 0 Å². The first-order valence-electron chi connectivity index (χ1n) is 5.71. The van der Waals surface area contributed by atoms with Gasteiger partial charge >= 0.3 is 0 Å². The van der Waals surface area contributed by atoms with Crippen LogP contribution < -0.4 is 11.1 Å². The lowest BCUT2D eigenvalue weighted by Gasteiger charge is -2.07. The molecule has 0 aliphatic carbocycles. The van der Waals surface area contributed by atoms with Crippen LogP contribution in [0, 0.1) is 0 Å². The molecule has 0 fully saturated rings. The van der Waals surface area contributed by atoms with Gasteiger partial charge in [-0.2, -0.15) is 0 Å². The lowest BCUT2D eigenvalue weighted by atomic mass is 10.1. The van der Waals surface area contributed by atoms with Crippen LogP contribution in [0.2, 0.25) is 0 Å². The minimum absolute atomic E-state index is 0.539. The molecule has 0 bridgehead atoms. The number of nitrogens with two attached hydrogens (primary N) is 1. The van der Waals surface area contributed by atoms with Gasteiger partial charge in [-0.25, -0.2) is 0 Å². The Labute approximate surface area is 97.8 Å². The van der Waals surface area contributed by atoms with E-state index in [2.05, 4.69) is 37.1 Å². The monoisotopic (exact) mass is 219 g/mol. The van der Waals surface area contributed by atoms with Crippen molar-refractivity contribution in [2.45, 2.75) is 33.2 Å². The fraction of sp³-hybridized carbons (Fsp3) is 0.462. The minimum Gasteiger partial charge on any atom is -0.398 e. The summed E-state index contributed by atoms with van der Waals surface area (Å²) in [4.78, 5) is 4.09. The van der Waals surface area contributed by atoms with Crippen LogP contribution in [0.1, 0.15) is 32.8 Å². The molecule has 0 atom stereocenters. The van der Waals surface area contributed by atoms with Crippen molar-refractivity contribution in [2.75, 3.05) is 12.3 Å². The maximum Gasteiger partial charge on any atom is 0.0421 e. The predicted octanol–water partition coefficient (Wildman–Crippen LogP) is 2.46. The third-order valence-electron chi connectivity index (χ3n) is 2.43. The molecular weight excluding hydrogens is 198 g/mol. The molecule has 3 nitrogen and oxygen atoms in total. The summed E-state index contributed by atoms with van der Waals surface area (Å²) in [6, 6.07) is 2.37. The number of nitrogen functional groups attached to an aromatic ring is 1. The van der Waals surface area contributed by atoms with Gasteiger partial charge in [0.25, 0.3) is 0 Å². The first kappa shape index (κ1) is 12.7. The molecule has 0 radical (unpaired) electrons. The number of anilines is 1. The third kappa shape index (κ3) is 4.03. The molecule has 0 saturated heterocycles. The zero-order valence-electron chi connectivity index (χ0n) is 10.3. The van der Waals surface area contributed by atoms with Gasteiger partial charge in [-0.3, -0.25) is 4.98 Å². The first-order chi connectivity index (χ1) is 7.61. The molecule has 88 valence electrons. The van der Waals surface area contributed by atoms with E-state index in [-0.39, 0.29) is 0 Å². The molecule has 3 N–H and O–H groups in total. The van der Waals surface area contributed by atoms with Crippen LogP contribution in [0.25, 0.3) is 5.57 Å². The number of rotatable bonds is 5. The summed E-state index contributed by atoms with van der Waals surface area (Å²) >= 11 is 0. The van der Waals surface area contributed by atoms with Crippen LogP contribution in [0.3, 0.4) is 0 Å². The zero-order chi connectivity index (χ0) is 12.0. The zero-order valence-corrected chi connectivity index (χ0v) is 10.3. The maximum absolute atomic E-state index is 5.88. The Hall–Kier alpha value is -1.35. The summed E-state index contributed by atoms with van der Waals surface area (Å²) in [5.74, 6) is 0. The quantitative estimate of drug-likeness (QED) is 0.748. The molecule has 16 heavy (non-hydrogen) atoms. The molecule has 0 aliphatic heterocycles. The molecule has 0 saturated carbocycles. The molecule has 1 aromatic rings. The highest BCUT2D eigenvalue weighted by Crippen LogP contribution is 2.19. The summed E-state index contributed by atoms with van der Waals surface area (Å²) < 4.78 is 0. The van der Waals surface area contributed by atoms with Gasteiger partial charge in [0.1, 0.15) is 0 Å². The van der Waals surface area contributed by atoms with E-state index in [1.54, 1.807) is 6.20 Å². The molecule has 0 unspecified atom stereocenters. The van der Waals surface area contributed by atoms with Crippen LogP contribution >= 0.6 is 0 Å². The highest BCUT2D eigenvalue weighted by atomic mass is 14.9. The van der Waals surface area contributed by atoms with Gasteiger partial charge in [0.15, 0.2) is 0 Å². The normalized spacial score (nSPS) is 12.1. The Morgan fingerprint density at radius 1 is 1.56 bits per heavy atom. The van der Waals surface area contributed by atoms with E-state index in [1.807, 2.05) is 12.3 Å². The van der Waals surface area contributed by atoms with Crippen molar-refractivity contribution >= 4 is 11.3 Å².